The maximum atomic E-state index is 14.0. The van der Waals surface area contributed by atoms with Gasteiger partial charge in [-0.05, 0) is 35.9 Å². The number of alkyl halides is 2. The van der Waals surface area contributed by atoms with Crippen molar-refractivity contribution in [2.24, 2.45) is 0 Å². The first-order valence-corrected chi connectivity index (χ1v) is 7.27. The molecule has 2 rings (SSSR count). The Morgan fingerprint density at radius 1 is 1.25 bits per heavy atom. The molecule has 0 saturated carbocycles. The highest BCUT2D eigenvalue weighted by Gasteiger charge is 2.30. The molecule has 0 aromatic heterocycles. The van der Waals surface area contributed by atoms with E-state index in [0.717, 1.165) is 0 Å². The molecular formula is C18H16F2NO3+. The summed E-state index contributed by atoms with van der Waals surface area (Å²) in [6.45, 7) is 0.928. The fraction of sp³-hybridized carbons (Fsp3) is 0.222. The third-order valence-corrected chi connectivity index (χ3v) is 3.53. The number of hydrogen-bond donors (Lipinski definition) is 1. The quantitative estimate of drug-likeness (QED) is 0.807. The summed E-state index contributed by atoms with van der Waals surface area (Å²) in [5.74, 6) is -3.66. The number of rotatable bonds is 6. The molecule has 0 fully saturated rings. The van der Waals surface area contributed by atoms with Crippen LogP contribution in [-0.2, 0) is 5.92 Å². The molecule has 0 aliphatic carbocycles. The fourth-order valence-electron chi connectivity index (χ4n) is 2.18. The van der Waals surface area contributed by atoms with Gasteiger partial charge in [-0.2, -0.15) is 5.26 Å². The van der Waals surface area contributed by atoms with Crippen molar-refractivity contribution >= 4 is 5.97 Å². The molecule has 0 amide bonds. The van der Waals surface area contributed by atoms with Crippen LogP contribution >= 0.6 is 0 Å². The Hall–Kier alpha value is -2.94. The lowest BCUT2D eigenvalue weighted by Crippen LogP contribution is -2.13. The Kier molecular flexibility index (Phi) is 5.14. The molecule has 0 atom stereocenters. The van der Waals surface area contributed by atoms with Gasteiger partial charge in [-0.3, -0.25) is 0 Å². The predicted octanol–water partition coefficient (Wildman–Crippen LogP) is 4.17. The number of benzene rings is 2. The van der Waals surface area contributed by atoms with E-state index in [1.165, 1.54) is 25.1 Å². The van der Waals surface area contributed by atoms with Crippen LogP contribution in [0, 0.1) is 11.3 Å². The second kappa shape index (κ2) is 7.09. The van der Waals surface area contributed by atoms with Gasteiger partial charge in [0.25, 0.3) is 5.92 Å². The summed E-state index contributed by atoms with van der Waals surface area (Å²) in [7, 11) is 0. The van der Waals surface area contributed by atoms with E-state index >= 15 is 0 Å². The van der Waals surface area contributed by atoms with Gasteiger partial charge in [0, 0.05) is 17.5 Å². The molecule has 0 unspecified atom stereocenters. The van der Waals surface area contributed by atoms with E-state index in [2.05, 4.69) is 0 Å². The Morgan fingerprint density at radius 2 is 1.92 bits per heavy atom. The molecule has 2 aromatic rings. The van der Waals surface area contributed by atoms with E-state index in [0.29, 0.717) is 16.7 Å². The monoisotopic (exact) mass is 332 g/mol. The third-order valence-electron chi connectivity index (χ3n) is 3.53. The summed E-state index contributed by atoms with van der Waals surface area (Å²) in [5.41, 5.74) is 1.24. The average molecular weight is 332 g/mol. The lowest BCUT2D eigenvalue weighted by atomic mass is 9.97. The molecular weight excluding hydrogens is 316 g/mol. The lowest BCUT2D eigenvalue weighted by molar-refractivity contribution is -0.00827. The van der Waals surface area contributed by atoms with Crippen molar-refractivity contribution in [1.82, 2.24) is 0 Å². The minimum Gasteiger partial charge on any atom is -0.475 e. The molecule has 0 aliphatic heterocycles. The third kappa shape index (κ3) is 3.87. The first kappa shape index (κ1) is 17.4. The topological polar surface area (TPSA) is 74.7 Å². The highest BCUT2D eigenvalue weighted by Crippen LogP contribution is 2.38. The number of hydrogen-bond acceptors (Lipinski definition) is 2. The number of carboxylic acids is 1. The lowest BCUT2D eigenvalue weighted by Gasteiger charge is -2.17. The van der Waals surface area contributed by atoms with E-state index < -0.39 is 18.5 Å². The summed E-state index contributed by atoms with van der Waals surface area (Å²) in [6, 6.07) is 12.3. The van der Waals surface area contributed by atoms with Crippen LogP contribution < -0.4 is 4.74 Å². The van der Waals surface area contributed by atoms with Crippen molar-refractivity contribution in [2.45, 2.75) is 19.3 Å². The van der Waals surface area contributed by atoms with E-state index in [4.69, 9.17) is 19.9 Å². The Morgan fingerprint density at radius 3 is 2.46 bits per heavy atom. The second-order valence-corrected chi connectivity index (χ2v) is 5.16. The number of aliphatic carboxylic acids is 1. The van der Waals surface area contributed by atoms with Gasteiger partial charge in [-0.15, -0.1) is 0 Å². The van der Waals surface area contributed by atoms with E-state index in [-0.39, 0.29) is 17.7 Å². The predicted molar refractivity (Wildman–Crippen MR) is 85.8 cm³/mol. The summed E-state index contributed by atoms with van der Waals surface area (Å²) in [4.78, 5) is 8.86. The largest absolute Gasteiger partial charge is 0.519 e. The van der Waals surface area contributed by atoms with Crippen LogP contribution in [0.2, 0.25) is 0 Å². The standard InChI is InChI=1S/C18H15F2NO3/c1-2-18(19,20)14-7-8-16(24-11-17(22)23)15(9-14)13-5-3-12(10-21)4-6-13/h3-9H,2,11H2,1H3,(H,22,23)/p+1. The molecule has 0 radical (unpaired) electrons. The Bertz CT molecular complexity index is 780. The van der Waals surface area contributed by atoms with Crippen LogP contribution in [-0.4, -0.2) is 22.5 Å². The molecule has 0 bridgehead atoms. The van der Waals surface area contributed by atoms with Gasteiger partial charge in [0.15, 0.2) is 0 Å². The molecule has 6 heteroatoms. The number of nitriles is 1. The van der Waals surface area contributed by atoms with E-state index in [1.54, 1.807) is 24.3 Å². The first-order chi connectivity index (χ1) is 11.4. The van der Waals surface area contributed by atoms with Crippen LogP contribution in [0.3, 0.4) is 0 Å². The normalized spacial score (nSPS) is 10.9. The van der Waals surface area contributed by atoms with Crippen molar-refractivity contribution in [1.29, 1.82) is 5.26 Å². The number of nitrogens with zero attached hydrogens (tertiary/aromatic N) is 1. The zero-order chi connectivity index (χ0) is 17.7. The molecule has 2 aromatic carbocycles. The van der Waals surface area contributed by atoms with Gasteiger partial charge < -0.3 is 14.6 Å². The van der Waals surface area contributed by atoms with Gasteiger partial charge in [0.05, 0.1) is 11.6 Å². The maximum absolute atomic E-state index is 14.0. The van der Waals surface area contributed by atoms with Crippen LogP contribution in [0.15, 0.2) is 42.5 Å². The smallest absolute Gasteiger partial charge is 0.475 e. The zero-order valence-corrected chi connectivity index (χ0v) is 13.0. The van der Waals surface area contributed by atoms with Gasteiger partial charge in [-0.1, -0.05) is 19.1 Å². The first-order valence-electron chi connectivity index (χ1n) is 7.27. The summed E-state index contributed by atoms with van der Waals surface area (Å²) in [6.07, 6.45) is -0.342. The molecule has 124 valence electrons. The SMILES string of the molecule is CCC(F)(F)c1ccc(OCC(O)=[OH+])c(-c2ccc(C#N)cc2)c1. The molecule has 0 saturated heterocycles. The van der Waals surface area contributed by atoms with E-state index in [9.17, 15) is 8.78 Å². The van der Waals surface area contributed by atoms with Crippen molar-refractivity contribution < 1.29 is 23.4 Å². The number of aliphatic hydroxyl groups excluding tert-OH is 1. The average Bonchev–Trinajstić information content (AvgIpc) is 2.59. The van der Waals surface area contributed by atoms with Crippen molar-refractivity contribution in [3.8, 4) is 22.9 Å². The number of halogens is 2. The van der Waals surface area contributed by atoms with Crippen LogP contribution in [0.25, 0.3) is 11.1 Å². The molecule has 2 N–H and O–H groups in total. The molecule has 0 heterocycles. The zero-order valence-electron chi connectivity index (χ0n) is 13.0. The highest BCUT2D eigenvalue weighted by atomic mass is 19.3. The Balaban J connectivity index is 2.51. The molecule has 24 heavy (non-hydrogen) atoms. The molecule has 0 spiro atoms. The summed E-state index contributed by atoms with van der Waals surface area (Å²) in [5, 5.41) is 17.7. The maximum Gasteiger partial charge on any atom is 0.519 e. The minimum atomic E-state index is -2.98. The van der Waals surface area contributed by atoms with Crippen molar-refractivity contribution in [3.63, 3.8) is 0 Å². The van der Waals surface area contributed by atoms with Gasteiger partial charge in [0.2, 0.25) is 6.61 Å². The number of carboxylic acid groups (broad SMARTS) is 1. The van der Waals surface area contributed by atoms with E-state index in [1.807, 2.05) is 6.07 Å². The van der Waals surface area contributed by atoms with Crippen LogP contribution in [0.4, 0.5) is 8.78 Å². The van der Waals surface area contributed by atoms with Gasteiger partial charge >= 0.3 is 5.97 Å². The molecule has 4 nitrogen and oxygen atoms in total. The minimum absolute atomic E-state index is 0.158. The molecule has 0 aliphatic rings. The van der Waals surface area contributed by atoms with Crippen molar-refractivity contribution in [2.75, 3.05) is 6.61 Å². The van der Waals surface area contributed by atoms with Crippen LogP contribution in [0.1, 0.15) is 24.5 Å². The summed E-state index contributed by atoms with van der Waals surface area (Å²) < 4.78 is 33.2. The highest BCUT2D eigenvalue weighted by molar-refractivity contribution is 5.74. The fourth-order valence-corrected chi connectivity index (χ4v) is 2.18. The van der Waals surface area contributed by atoms with Crippen LogP contribution in [0.5, 0.6) is 5.75 Å². The summed E-state index contributed by atoms with van der Waals surface area (Å²) >= 11 is 0. The Labute approximate surface area is 137 Å². The number of ether oxygens (including phenoxy) is 1. The second-order valence-electron chi connectivity index (χ2n) is 5.16. The van der Waals surface area contributed by atoms with Gasteiger partial charge in [-0.25, -0.2) is 8.78 Å². The van der Waals surface area contributed by atoms with Crippen molar-refractivity contribution in [3.05, 3.63) is 53.6 Å². The van der Waals surface area contributed by atoms with Gasteiger partial charge in [0.1, 0.15) is 5.75 Å².